The maximum atomic E-state index is 4.52. The Morgan fingerprint density at radius 1 is 1.05 bits per heavy atom. The van der Waals surface area contributed by atoms with Gasteiger partial charge in [-0.15, -0.1) is 0 Å². The topological polar surface area (TPSA) is 44.0 Å². The lowest BCUT2D eigenvalue weighted by atomic mass is 10.2. The molecular formula is C18H22N4. The molecule has 4 heteroatoms. The minimum Gasteiger partial charge on any atom is -0.356 e. The Labute approximate surface area is 131 Å². The molecule has 0 aliphatic rings. The quantitative estimate of drug-likeness (QED) is 0.656. The van der Waals surface area contributed by atoms with Crippen molar-refractivity contribution >= 4 is 17.0 Å². The summed E-state index contributed by atoms with van der Waals surface area (Å²) in [6.45, 7) is 2.96. The van der Waals surface area contributed by atoms with E-state index in [2.05, 4.69) is 57.6 Å². The molecule has 0 bridgehead atoms. The molecule has 0 radical (unpaired) electrons. The minimum atomic E-state index is 0.854. The number of nitrogens with zero attached hydrogens (tertiary/aromatic N) is 2. The molecule has 1 aromatic heterocycles. The first-order valence-corrected chi connectivity index (χ1v) is 7.72. The summed E-state index contributed by atoms with van der Waals surface area (Å²) in [4.78, 5) is 10.1. The van der Waals surface area contributed by atoms with Gasteiger partial charge >= 0.3 is 0 Å². The number of hydrogen-bond acceptors (Lipinski definition) is 3. The maximum absolute atomic E-state index is 4.52. The minimum absolute atomic E-state index is 0.854. The van der Waals surface area contributed by atoms with Crippen molar-refractivity contribution in [3.63, 3.8) is 0 Å². The SMILES string of the molecule is CN(CCCNc1nc2ccccc2[nH]1)Cc1ccccc1. The maximum Gasteiger partial charge on any atom is 0.201 e. The fourth-order valence-electron chi connectivity index (χ4n) is 2.57. The lowest BCUT2D eigenvalue weighted by Gasteiger charge is -2.16. The summed E-state index contributed by atoms with van der Waals surface area (Å²) >= 11 is 0. The van der Waals surface area contributed by atoms with Crippen LogP contribution in [0.4, 0.5) is 5.95 Å². The molecule has 0 spiro atoms. The number of imidazole rings is 1. The number of aromatic nitrogens is 2. The molecule has 1 heterocycles. The summed E-state index contributed by atoms with van der Waals surface area (Å²) in [5.41, 5.74) is 3.44. The molecule has 3 aromatic rings. The van der Waals surface area contributed by atoms with Gasteiger partial charge in [-0.2, -0.15) is 0 Å². The van der Waals surface area contributed by atoms with Gasteiger partial charge in [-0.05, 0) is 37.7 Å². The number of benzene rings is 2. The van der Waals surface area contributed by atoms with Crippen molar-refractivity contribution in [2.75, 3.05) is 25.5 Å². The van der Waals surface area contributed by atoms with E-state index in [1.54, 1.807) is 0 Å². The van der Waals surface area contributed by atoms with Crippen molar-refractivity contribution in [2.24, 2.45) is 0 Å². The van der Waals surface area contributed by atoms with Crippen LogP contribution in [0.5, 0.6) is 0 Å². The Kier molecular flexibility index (Phi) is 4.71. The van der Waals surface area contributed by atoms with Gasteiger partial charge in [-0.1, -0.05) is 42.5 Å². The van der Waals surface area contributed by atoms with Crippen LogP contribution in [0.1, 0.15) is 12.0 Å². The monoisotopic (exact) mass is 294 g/mol. The van der Waals surface area contributed by atoms with Gasteiger partial charge in [0.2, 0.25) is 5.95 Å². The number of nitrogens with one attached hydrogen (secondary N) is 2. The van der Waals surface area contributed by atoms with Crippen LogP contribution in [0, 0.1) is 0 Å². The first-order valence-electron chi connectivity index (χ1n) is 7.72. The summed E-state index contributed by atoms with van der Waals surface area (Å²) < 4.78 is 0. The van der Waals surface area contributed by atoms with E-state index in [9.17, 15) is 0 Å². The zero-order valence-corrected chi connectivity index (χ0v) is 12.9. The second-order valence-electron chi connectivity index (χ2n) is 5.61. The van der Waals surface area contributed by atoms with Crippen LogP contribution in [-0.2, 0) is 6.54 Å². The molecule has 0 aliphatic carbocycles. The van der Waals surface area contributed by atoms with Crippen LogP contribution >= 0.6 is 0 Å². The Balaban J connectivity index is 1.41. The molecule has 3 rings (SSSR count). The molecule has 114 valence electrons. The second-order valence-corrected chi connectivity index (χ2v) is 5.61. The van der Waals surface area contributed by atoms with Gasteiger partial charge in [-0.25, -0.2) is 4.98 Å². The summed E-state index contributed by atoms with van der Waals surface area (Å²) in [5.74, 6) is 0.854. The molecule has 0 amide bonds. The molecule has 2 N–H and O–H groups in total. The van der Waals surface area contributed by atoms with Crippen molar-refractivity contribution in [1.29, 1.82) is 0 Å². The molecule has 0 atom stereocenters. The van der Waals surface area contributed by atoms with Crippen molar-refractivity contribution in [2.45, 2.75) is 13.0 Å². The normalized spacial score (nSPS) is 11.2. The molecule has 0 saturated carbocycles. The molecule has 0 aliphatic heterocycles. The molecular weight excluding hydrogens is 272 g/mol. The number of hydrogen-bond donors (Lipinski definition) is 2. The molecule has 0 saturated heterocycles. The van der Waals surface area contributed by atoms with Crippen molar-refractivity contribution in [1.82, 2.24) is 14.9 Å². The van der Waals surface area contributed by atoms with Crippen LogP contribution in [0.15, 0.2) is 54.6 Å². The molecule has 4 nitrogen and oxygen atoms in total. The smallest absolute Gasteiger partial charge is 0.201 e. The summed E-state index contributed by atoms with van der Waals surface area (Å²) in [6, 6.07) is 18.7. The van der Waals surface area contributed by atoms with Gasteiger partial charge < -0.3 is 15.2 Å². The van der Waals surface area contributed by atoms with Crippen LogP contribution < -0.4 is 5.32 Å². The van der Waals surface area contributed by atoms with Crippen molar-refractivity contribution < 1.29 is 0 Å². The average molecular weight is 294 g/mol. The van der Waals surface area contributed by atoms with E-state index in [1.807, 2.05) is 24.3 Å². The lowest BCUT2D eigenvalue weighted by Crippen LogP contribution is -2.21. The van der Waals surface area contributed by atoms with Gasteiger partial charge in [0.25, 0.3) is 0 Å². The van der Waals surface area contributed by atoms with E-state index >= 15 is 0 Å². The van der Waals surface area contributed by atoms with E-state index in [-0.39, 0.29) is 0 Å². The van der Waals surface area contributed by atoms with Gasteiger partial charge in [0.15, 0.2) is 0 Å². The summed E-state index contributed by atoms with van der Waals surface area (Å²) in [7, 11) is 2.16. The number of anilines is 1. The predicted molar refractivity (Wildman–Crippen MR) is 92.0 cm³/mol. The lowest BCUT2D eigenvalue weighted by molar-refractivity contribution is 0.325. The van der Waals surface area contributed by atoms with E-state index in [4.69, 9.17) is 0 Å². The highest BCUT2D eigenvalue weighted by molar-refractivity contribution is 5.77. The standard InChI is InChI=1S/C18H22N4/c1-22(14-15-8-3-2-4-9-15)13-7-12-19-18-20-16-10-5-6-11-17(16)21-18/h2-6,8-11H,7,12-14H2,1H3,(H2,19,20,21). The third kappa shape index (κ3) is 3.86. The first kappa shape index (κ1) is 14.6. The fourth-order valence-corrected chi connectivity index (χ4v) is 2.57. The van der Waals surface area contributed by atoms with Gasteiger partial charge in [-0.3, -0.25) is 0 Å². The van der Waals surface area contributed by atoms with Crippen LogP contribution in [0.3, 0.4) is 0 Å². The van der Waals surface area contributed by atoms with Crippen LogP contribution in [0.25, 0.3) is 11.0 Å². The Morgan fingerprint density at radius 2 is 1.82 bits per heavy atom. The Bertz CT molecular complexity index is 672. The Morgan fingerprint density at radius 3 is 2.64 bits per heavy atom. The van der Waals surface area contributed by atoms with Crippen molar-refractivity contribution in [3.8, 4) is 0 Å². The molecule has 0 unspecified atom stereocenters. The third-order valence-electron chi connectivity index (χ3n) is 3.69. The number of fused-ring (bicyclic) bond motifs is 1. The van der Waals surface area contributed by atoms with E-state index in [1.165, 1.54) is 5.56 Å². The highest BCUT2D eigenvalue weighted by Gasteiger charge is 2.02. The predicted octanol–water partition coefficient (Wildman–Crippen LogP) is 3.50. The van der Waals surface area contributed by atoms with E-state index < -0.39 is 0 Å². The number of rotatable bonds is 7. The number of aromatic amines is 1. The van der Waals surface area contributed by atoms with Gasteiger partial charge in [0.1, 0.15) is 0 Å². The van der Waals surface area contributed by atoms with E-state index in [0.717, 1.165) is 43.0 Å². The highest BCUT2D eigenvalue weighted by atomic mass is 15.1. The highest BCUT2D eigenvalue weighted by Crippen LogP contribution is 2.13. The zero-order chi connectivity index (χ0) is 15.2. The number of para-hydroxylation sites is 2. The van der Waals surface area contributed by atoms with E-state index in [0.29, 0.717) is 0 Å². The first-order chi connectivity index (χ1) is 10.8. The van der Waals surface area contributed by atoms with Crippen LogP contribution in [0.2, 0.25) is 0 Å². The summed E-state index contributed by atoms with van der Waals surface area (Å²) in [5, 5.41) is 3.36. The average Bonchev–Trinajstić information content (AvgIpc) is 2.95. The van der Waals surface area contributed by atoms with Gasteiger partial charge in [0, 0.05) is 13.1 Å². The molecule has 0 fully saturated rings. The molecule has 22 heavy (non-hydrogen) atoms. The second kappa shape index (κ2) is 7.09. The zero-order valence-electron chi connectivity index (χ0n) is 12.9. The largest absolute Gasteiger partial charge is 0.356 e. The summed E-state index contributed by atoms with van der Waals surface area (Å²) in [6.07, 6.45) is 1.08. The van der Waals surface area contributed by atoms with Crippen molar-refractivity contribution in [3.05, 3.63) is 60.2 Å². The molecule has 2 aromatic carbocycles. The third-order valence-corrected chi connectivity index (χ3v) is 3.69. The number of H-pyrrole nitrogens is 1. The Hall–Kier alpha value is -2.33. The fraction of sp³-hybridized carbons (Fsp3) is 0.278. The van der Waals surface area contributed by atoms with Gasteiger partial charge in [0.05, 0.1) is 11.0 Å². The van der Waals surface area contributed by atoms with Crippen LogP contribution in [-0.4, -0.2) is 35.0 Å².